The van der Waals surface area contributed by atoms with E-state index in [1.54, 1.807) is 36.2 Å². The van der Waals surface area contributed by atoms with Crippen LogP contribution in [0.1, 0.15) is 46.0 Å². The fourth-order valence-corrected chi connectivity index (χ4v) is 2.27. The molecule has 128 valence electrons. The van der Waals surface area contributed by atoms with E-state index < -0.39 is 0 Å². The number of rotatable bonds is 6. The van der Waals surface area contributed by atoms with Gasteiger partial charge in [0.1, 0.15) is 0 Å². The molecule has 0 bridgehead atoms. The molecule has 0 spiro atoms. The van der Waals surface area contributed by atoms with Crippen molar-refractivity contribution >= 4 is 17.5 Å². The number of pyridine rings is 1. The van der Waals surface area contributed by atoms with Crippen LogP contribution in [0.25, 0.3) is 0 Å². The number of benzene rings is 1. The van der Waals surface area contributed by atoms with Crippen LogP contribution in [-0.2, 0) is 0 Å². The third-order valence-electron chi connectivity index (χ3n) is 3.69. The van der Waals surface area contributed by atoms with Crippen LogP contribution in [0.15, 0.2) is 42.7 Å². The molecule has 1 aromatic carbocycles. The minimum absolute atomic E-state index is 0.165. The van der Waals surface area contributed by atoms with E-state index in [2.05, 4.69) is 17.2 Å². The summed E-state index contributed by atoms with van der Waals surface area (Å²) in [5, 5.41) is 11.6. The highest BCUT2D eigenvalue weighted by Gasteiger charge is 2.15. The van der Waals surface area contributed by atoms with Gasteiger partial charge in [0.15, 0.2) is 0 Å². The number of unbranched alkanes of at least 4 members (excludes halogenated alkanes) is 1. The maximum atomic E-state index is 12.4. The summed E-state index contributed by atoms with van der Waals surface area (Å²) in [6.07, 6.45) is 4.79. The molecule has 0 saturated heterocycles. The number of amides is 2. The van der Waals surface area contributed by atoms with Crippen molar-refractivity contribution in [1.82, 2.24) is 9.88 Å². The van der Waals surface area contributed by atoms with Gasteiger partial charge in [-0.05, 0) is 30.7 Å². The normalized spacial score (nSPS) is 9.96. The fourth-order valence-electron chi connectivity index (χ4n) is 2.27. The van der Waals surface area contributed by atoms with Crippen LogP contribution in [0.5, 0.6) is 0 Å². The first-order valence-electron chi connectivity index (χ1n) is 8.07. The van der Waals surface area contributed by atoms with Crippen LogP contribution in [-0.4, -0.2) is 35.3 Å². The average molecular weight is 336 g/mol. The van der Waals surface area contributed by atoms with E-state index >= 15 is 0 Å². The molecule has 2 rings (SSSR count). The van der Waals surface area contributed by atoms with Crippen molar-refractivity contribution in [3.63, 3.8) is 0 Å². The summed E-state index contributed by atoms with van der Waals surface area (Å²) in [6, 6.07) is 10.2. The van der Waals surface area contributed by atoms with Gasteiger partial charge in [-0.15, -0.1) is 0 Å². The Hall–Kier alpha value is -3.20. The number of nitrogens with zero attached hydrogens (tertiary/aromatic N) is 3. The van der Waals surface area contributed by atoms with Gasteiger partial charge < -0.3 is 10.2 Å². The number of aromatic nitrogens is 1. The summed E-state index contributed by atoms with van der Waals surface area (Å²) in [5.74, 6) is -0.546. The van der Waals surface area contributed by atoms with Crippen LogP contribution < -0.4 is 5.32 Å². The van der Waals surface area contributed by atoms with Crippen molar-refractivity contribution < 1.29 is 9.59 Å². The van der Waals surface area contributed by atoms with Crippen LogP contribution in [0, 0.1) is 11.3 Å². The van der Waals surface area contributed by atoms with E-state index in [1.807, 2.05) is 6.07 Å². The number of carbonyl (C=O) groups excluding carboxylic acids is 2. The number of carbonyl (C=O) groups is 2. The predicted molar refractivity (Wildman–Crippen MR) is 95.2 cm³/mol. The van der Waals surface area contributed by atoms with Crippen molar-refractivity contribution in [2.75, 3.05) is 18.9 Å². The van der Waals surface area contributed by atoms with E-state index in [0.29, 0.717) is 23.4 Å². The van der Waals surface area contributed by atoms with Crippen molar-refractivity contribution in [1.29, 1.82) is 5.26 Å². The highest BCUT2D eigenvalue weighted by Crippen LogP contribution is 2.13. The number of anilines is 1. The van der Waals surface area contributed by atoms with E-state index in [0.717, 1.165) is 12.8 Å². The summed E-state index contributed by atoms with van der Waals surface area (Å²) in [6.45, 7) is 2.72. The number of hydrogen-bond donors (Lipinski definition) is 1. The monoisotopic (exact) mass is 336 g/mol. The van der Waals surface area contributed by atoms with Gasteiger partial charge in [0, 0.05) is 31.7 Å². The van der Waals surface area contributed by atoms with E-state index in [4.69, 9.17) is 5.26 Å². The number of nitrogens with one attached hydrogen (secondary N) is 1. The third kappa shape index (κ3) is 4.88. The third-order valence-corrected chi connectivity index (χ3v) is 3.69. The minimum Gasteiger partial charge on any atom is -0.342 e. The van der Waals surface area contributed by atoms with Crippen LogP contribution in [0.4, 0.5) is 5.69 Å². The van der Waals surface area contributed by atoms with Crippen LogP contribution in [0.2, 0.25) is 0 Å². The first-order valence-corrected chi connectivity index (χ1v) is 8.07. The summed E-state index contributed by atoms with van der Waals surface area (Å²) >= 11 is 0. The molecule has 0 aliphatic carbocycles. The lowest BCUT2D eigenvalue weighted by molar-refractivity contribution is 0.0793. The Morgan fingerprint density at radius 2 is 2.00 bits per heavy atom. The van der Waals surface area contributed by atoms with Crippen molar-refractivity contribution in [3.05, 3.63) is 59.4 Å². The molecule has 6 heteroatoms. The Balaban J connectivity index is 2.13. The molecule has 25 heavy (non-hydrogen) atoms. The first kappa shape index (κ1) is 18.1. The number of nitriles is 1. The Bertz CT molecular complexity index is 811. The minimum atomic E-state index is -0.381. The largest absolute Gasteiger partial charge is 0.342 e. The van der Waals surface area contributed by atoms with E-state index in [1.165, 1.54) is 18.5 Å². The van der Waals surface area contributed by atoms with Gasteiger partial charge in [-0.3, -0.25) is 14.6 Å². The molecule has 0 fully saturated rings. The zero-order valence-corrected chi connectivity index (χ0v) is 14.3. The zero-order chi connectivity index (χ0) is 18.2. The highest BCUT2D eigenvalue weighted by atomic mass is 16.2. The Morgan fingerprint density at radius 1 is 1.24 bits per heavy atom. The average Bonchev–Trinajstić information content (AvgIpc) is 2.65. The zero-order valence-electron chi connectivity index (χ0n) is 14.3. The quantitative estimate of drug-likeness (QED) is 0.878. The Labute approximate surface area is 147 Å². The fraction of sp³-hybridized carbons (Fsp3) is 0.263. The molecular weight excluding hydrogens is 316 g/mol. The van der Waals surface area contributed by atoms with Gasteiger partial charge >= 0.3 is 0 Å². The molecule has 2 aromatic rings. The summed E-state index contributed by atoms with van der Waals surface area (Å²) in [7, 11) is 1.73. The molecule has 1 heterocycles. The highest BCUT2D eigenvalue weighted by molar-refractivity contribution is 6.05. The molecule has 0 atom stereocenters. The lowest BCUT2D eigenvalue weighted by Gasteiger charge is -2.16. The van der Waals surface area contributed by atoms with Gasteiger partial charge in [-0.25, -0.2) is 0 Å². The lowest BCUT2D eigenvalue weighted by atomic mass is 10.1. The molecule has 2 amide bonds. The molecule has 0 aliphatic rings. The van der Waals surface area contributed by atoms with Gasteiger partial charge in [-0.1, -0.05) is 19.4 Å². The van der Waals surface area contributed by atoms with Crippen molar-refractivity contribution in [2.45, 2.75) is 19.8 Å². The van der Waals surface area contributed by atoms with E-state index in [9.17, 15) is 9.59 Å². The summed E-state index contributed by atoms with van der Waals surface area (Å²) < 4.78 is 0. The van der Waals surface area contributed by atoms with Gasteiger partial charge in [-0.2, -0.15) is 5.26 Å². The second kappa shape index (κ2) is 8.60. The molecule has 0 saturated carbocycles. The topological polar surface area (TPSA) is 86.1 Å². The van der Waals surface area contributed by atoms with Crippen molar-refractivity contribution in [3.8, 4) is 6.07 Å². The molecule has 1 aromatic heterocycles. The maximum Gasteiger partial charge on any atom is 0.257 e. The van der Waals surface area contributed by atoms with Crippen LogP contribution in [0.3, 0.4) is 0 Å². The molecule has 6 nitrogen and oxygen atoms in total. The molecule has 0 unspecified atom stereocenters. The lowest BCUT2D eigenvalue weighted by Crippen LogP contribution is -2.28. The van der Waals surface area contributed by atoms with E-state index in [-0.39, 0.29) is 17.4 Å². The summed E-state index contributed by atoms with van der Waals surface area (Å²) in [5.41, 5.74) is 1.63. The molecule has 1 N–H and O–H groups in total. The predicted octanol–water partition coefficient (Wildman–Crippen LogP) is 3.08. The number of hydrogen-bond acceptors (Lipinski definition) is 4. The standard InChI is InChI=1S/C19H20N4O2/c1-3-4-8-23(2)19(25)16-10-15(12-21-13-16)18(24)22-17-7-5-6-14(9-17)11-20/h5-7,9-10,12-13H,3-4,8H2,1-2H3,(H,22,24). The first-order chi connectivity index (χ1) is 12.0. The van der Waals surface area contributed by atoms with Gasteiger partial charge in [0.25, 0.3) is 11.8 Å². The maximum absolute atomic E-state index is 12.4. The summed E-state index contributed by atoms with van der Waals surface area (Å²) in [4.78, 5) is 30.4. The van der Waals surface area contributed by atoms with Gasteiger partial charge in [0.2, 0.25) is 0 Å². The SMILES string of the molecule is CCCCN(C)C(=O)c1cncc(C(=O)Nc2cccc(C#N)c2)c1. The molecule has 0 radical (unpaired) electrons. The van der Waals surface area contributed by atoms with Crippen LogP contribution >= 0.6 is 0 Å². The molecular formula is C19H20N4O2. The molecule has 0 aliphatic heterocycles. The second-order valence-corrected chi connectivity index (χ2v) is 5.69. The van der Waals surface area contributed by atoms with Crippen molar-refractivity contribution in [2.24, 2.45) is 0 Å². The Kier molecular flexibility index (Phi) is 6.24. The second-order valence-electron chi connectivity index (χ2n) is 5.69. The van der Waals surface area contributed by atoms with Gasteiger partial charge in [0.05, 0.1) is 22.8 Å². The smallest absolute Gasteiger partial charge is 0.257 e. The Morgan fingerprint density at radius 3 is 2.72 bits per heavy atom.